The maximum atomic E-state index is 13.4. The molecule has 8 heteroatoms. The molecule has 24 heavy (non-hydrogen) atoms. The van der Waals surface area contributed by atoms with Crippen molar-refractivity contribution in [3.8, 4) is 0 Å². The average molecular weight is 368 g/mol. The third-order valence-corrected chi connectivity index (χ3v) is 5.86. The van der Waals surface area contributed by atoms with Crippen molar-refractivity contribution in [1.29, 1.82) is 0 Å². The molecular formula is C16H15ClFN3O2S. The van der Waals surface area contributed by atoms with Crippen LogP contribution >= 0.6 is 22.9 Å². The van der Waals surface area contributed by atoms with Crippen molar-refractivity contribution >= 4 is 39.7 Å². The van der Waals surface area contributed by atoms with Crippen LogP contribution in [0.25, 0.3) is 0 Å². The molecule has 0 saturated carbocycles. The quantitative estimate of drug-likeness (QED) is 0.886. The molecular weight excluding hydrogens is 353 g/mol. The Morgan fingerprint density at radius 2 is 2.29 bits per heavy atom. The second kappa shape index (κ2) is 5.68. The Morgan fingerprint density at radius 3 is 3.00 bits per heavy atom. The lowest BCUT2D eigenvalue weighted by atomic mass is 9.81. The molecule has 2 aromatic rings. The molecule has 5 nitrogen and oxygen atoms in total. The smallest absolute Gasteiger partial charge is 0.248 e. The number of fused-ring (bicyclic) bond motifs is 2. The maximum absolute atomic E-state index is 13.4. The van der Waals surface area contributed by atoms with Crippen molar-refractivity contribution in [2.45, 2.75) is 11.8 Å². The monoisotopic (exact) mass is 367 g/mol. The van der Waals surface area contributed by atoms with E-state index in [9.17, 15) is 9.18 Å². The Hall–Kier alpha value is -1.70. The van der Waals surface area contributed by atoms with Crippen molar-refractivity contribution in [2.24, 2.45) is 0 Å². The number of anilines is 2. The number of thiazole rings is 1. The van der Waals surface area contributed by atoms with Gasteiger partial charge >= 0.3 is 0 Å². The molecule has 1 spiro atoms. The standard InChI is InChI=1S/C16H15ClFN3O2S/c17-10-1-2-12-11(5-10)16(3-4-20(8-16)14(23)7-22)9-21(12)15-19-6-13(18)24-15/h1-2,5-6,22H,3-4,7-9H2. The summed E-state index contributed by atoms with van der Waals surface area (Å²) in [6.07, 6.45) is 1.99. The van der Waals surface area contributed by atoms with Crippen molar-refractivity contribution in [1.82, 2.24) is 9.88 Å². The zero-order valence-electron chi connectivity index (χ0n) is 12.7. The van der Waals surface area contributed by atoms with Crippen LogP contribution in [-0.2, 0) is 10.2 Å². The number of rotatable bonds is 2. The predicted molar refractivity (Wildman–Crippen MR) is 90.5 cm³/mol. The highest BCUT2D eigenvalue weighted by Crippen LogP contribution is 2.50. The fraction of sp³-hybridized carbons (Fsp3) is 0.375. The molecule has 2 aliphatic heterocycles. The van der Waals surface area contributed by atoms with Gasteiger partial charge in [-0.2, -0.15) is 4.39 Å². The largest absolute Gasteiger partial charge is 0.387 e. The average Bonchev–Trinajstić information content (AvgIpc) is 3.26. The van der Waals surface area contributed by atoms with Crippen molar-refractivity contribution < 1.29 is 14.3 Å². The van der Waals surface area contributed by atoms with E-state index in [1.807, 2.05) is 23.1 Å². The van der Waals surface area contributed by atoms with Gasteiger partial charge in [0.15, 0.2) is 10.3 Å². The molecule has 3 heterocycles. The SMILES string of the molecule is O=C(CO)N1CCC2(C1)CN(c1ncc(F)s1)c1ccc(Cl)cc12. The molecule has 0 aliphatic carbocycles. The molecule has 1 fully saturated rings. The highest BCUT2D eigenvalue weighted by atomic mass is 35.5. The van der Waals surface area contributed by atoms with Gasteiger partial charge in [0.1, 0.15) is 6.61 Å². The highest BCUT2D eigenvalue weighted by Gasteiger charge is 2.49. The Bertz CT molecular complexity index is 814. The van der Waals surface area contributed by atoms with Gasteiger partial charge in [-0.15, -0.1) is 0 Å². The van der Waals surface area contributed by atoms with Crippen LogP contribution < -0.4 is 4.90 Å². The number of aliphatic hydroxyl groups is 1. The Labute approximate surface area is 147 Å². The number of hydrogen-bond donors (Lipinski definition) is 1. The predicted octanol–water partition coefficient (Wildman–Crippen LogP) is 2.55. The lowest BCUT2D eigenvalue weighted by Gasteiger charge is -2.25. The first kappa shape index (κ1) is 15.8. The molecule has 1 N–H and O–H groups in total. The van der Waals surface area contributed by atoms with Crippen LogP contribution in [0.2, 0.25) is 5.02 Å². The van der Waals surface area contributed by atoms with E-state index >= 15 is 0 Å². The topological polar surface area (TPSA) is 56.7 Å². The summed E-state index contributed by atoms with van der Waals surface area (Å²) in [5, 5.41) is 10.0. The van der Waals surface area contributed by atoms with E-state index in [0.717, 1.165) is 29.0 Å². The van der Waals surface area contributed by atoms with E-state index in [2.05, 4.69) is 4.98 Å². The summed E-state index contributed by atoms with van der Waals surface area (Å²) in [7, 11) is 0. The number of nitrogens with zero attached hydrogens (tertiary/aromatic N) is 3. The second-order valence-electron chi connectivity index (χ2n) is 6.20. The van der Waals surface area contributed by atoms with E-state index in [0.29, 0.717) is 29.8 Å². The molecule has 1 aromatic carbocycles. The molecule has 1 atom stereocenters. The first-order valence-electron chi connectivity index (χ1n) is 7.60. The second-order valence-corrected chi connectivity index (χ2v) is 7.59. The number of hydrogen-bond acceptors (Lipinski definition) is 5. The zero-order chi connectivity index (χ0) is 16.9. The summed E-state index contributed by atoms with van der Waals surface area (Å²) in [5.74, 6) is -0.269. The lowest BCUT2D eigenvalue weighted by Crippen LogP contribution is -2.38. The summed E-state index contributed by atoms with van der Waals surface area (Å²) in [6.45, 7) is 1.24. The minimum atomic E-state index is -0.486. The number of carbonyl (C=O) groups excluding carboxylic acids is 1. The van der Waals surface area contributed by atoms with Gasteiger partial charge in [0, 0.05) is 35.8 Å². The molecule has 1 aromatic heterocycles. The van der Waals surface area contributed by atoms with Crippen LogP contribution in [0.5, 0.6) is 0 Å². The van der Waals surface area contributed by atoms with E-state index in [-0.39, 0.29) is 16.5 Å². The molecule has 1 unspecified atom stereocenters. The van der Waals surface area contributed by atoms with E-state index in [1.165, 1.54) is 6.20 Å². The van der Waals surface area contributed by atoms with Crippen molar-refractivity contribution in [3.05, 3.63) is 40.1 Å². The van der Waals surface area contributed by atoms with Crippen molar-refractivity contribution in [2.75, 3.05) is 31.1 Å². The minimum absolute atomic E-state index is 0.269. The fourth-order valence-electron chi connectivity index (χ4n) is 3.72. The molecule has 1 saturated heterocycles. The summed E-state index contributed by atoms with van der Waals surface area (Å²) in [4.78, 5) is 19.7. The Morgan fingerprint density at radius 1 is 1.46 bits per heavy atom. The van der Waals surface area contributed by atoms with Crippen LogP contribution in [0.3, 0.4) is 0 Å². The highest BCUT2D eigenvalue weighted by molar-refractivity contribution is 7.14. The van der Waals surface area contributed by atoms with Crippen LogP contribution in [0.15, 0.2) is 24.4 Å². The van der Waals surface area contributed by atoms with Crippen LogP contribution in [0, 0.1) is 5.13 Å². The number of carbonyl (C=O) groups is 1. The molecule has 126 valence electrons. The third-order valence-electron chi connectivity index (χ3n) is 4.82. The number of aromatic nitrogens is 1. The summed E-state index contributed by atoms with van der Waals surface area (Å²) >= 11 is 7.20. The number of likely N-dealkylation sites (tertiary alicyclic amines) is 1. The fourth-order valence-corrected chi connectivity index (χ4v) is 4.55. The summed E-state index contributed by atoms with van der Waals surface area (Å²) in [5.41, 5.74) is 1.73. The van der Waals surface area contributed by atoms with Gasteiger partial charge in [0.25, 0.3) is 0 Å². The van der Waals surface area contributed by atoms with Crippen LogP contribution in [-0.4, -0.2) is 47.1 Å². The molecule has 2 aliphatic rings. The summed E-state index contributed by atoms with van der Waals surface area (Å²) in [6, 6.07) is 5.65. The zero-order valence-corrected chi connectivity index (χ0v) is 14.3. The van der Waals surface area contributed by atoms with E-state index in [1.54, 1.807) is 4.90 Å². The Kier molecular flexibility index (Phi) is 3.74. The molecule has 4 rings (SSSR count). The number of aliphatic hydroxyl groups excluding tert-OH is 1. The normalized spacial score (nSPS) is 22.5. The van der Waals surface area contributed by atoms with Crippen LogP contribution in [0.1, 0.15) is 12.0 Å². The number of halogens is 2. The van der Waals surface area contributed by atoms with Gasteiger partial charge in [-0.05, 0) is 30.2 Å². The van der Waals surface area contributed by atoms with E-state index < -0.39 is 6.61 Å². The summed E-state index contributed by atoms with van der Waals surface area (Å²) < 4.78 is 13.4. The van der Waals surface area contributed by atoms with Gasteiger partial charge in [0.2, 0.25) is 5.91 Å². The first-order valence-corrected chi connectivity index (χ1v) is 8.79. The molecule has 0 bridgehead atoms. The van der Waals surface area contributed by atoms with Gasteiger partial charge in [-0.1, -0.05) is 22.9 Å². The van der Waals surface area contributed by atoms with Gasteiger partial charge in [0.05, 0.1) is 6.20 Å². The van der Waals surface area contributed by atoms with Crippen molar-refractivity contribution in [3.63, 3.8) is 0 Å². The minimum Gasteiger partial charge on any atom is -0.387 e. The molecule has 0 radical (unpaired) electrons. The lowest BCUT2D eigenvalue weighted by molar-refractivity contribution is -0.133. The van der Waals surface area contributed by atoms with Crippen LogP contribution in [0.4, 0.5) is 15.2 Å². The molecule has 1 amide bonds. The third kappa shape index (κ3) is 2.39. The first-order chi connectivity index (χ1) is 11.5. The van der Waals surface area contributed by atoms with E-state index in [4.69, 9.17) is 16.7 Å². The number of amides is 1. The van der Waals surface area contributed by atoms with Gasteiger partial charge in [-0.25, -0.2) is 4.98 Å². The number of benzene rings is 1. The van der Waals surface area contributed by atoms with Gasteiger partial charge < -0.3 is 14.9 Å². The van der Waals surface area contributed by atoms with Gasteiger partial charge in [-0.3, -0.25) is 4.79 Å². The Balaban J connectivity index is 1.76. The maximum Gasteiger partial charge on any atom is 0.248 e.